The van der Waals surface area contributed by atoms with E-state index in [1.807, 2.05) is 12.3 Å². The summed E-state index contributed by atoms with van der Waals surface area (Å²) in [6.07, 6.45) is 6.24. The predicted octanol–water partition coefficient (Wildman–Crippen LogP) is 3.39. The molecule has 2 heterocycles. The number of carbonyl (C=O) groups is 1. The molecule has 0 aromatic carbocycles. The molecule has 1 aliphatic heterocycles. The van der Waals surface area contributed by atoms with Crippen LogP contribution in [0.1, 0.15) is 52.0 Å². The van der Waals surface area contributed by atoms with E-state index in [2.05, 4.69) is 42.0 Å². The van der Waals surface area contributed by atoms with Crippen molar-refractivity contribution in [1.82, 2.24) is 10.3 Å². The smallest absolute Gasteiger partial charge is 0.223 e. The Labute approximate surface area is 157 Å². The van der Waals surface area contributed by atoms with Crippen LogP contribution in [0.2, 0.25) is 0 Å². The molecule has 2 fully saturated rings. The molecule has 0 atom stereocenters. The van der Waals surface area contributed by atoms with Gasteiger partial charge in [0, 0.05) is 31.7 Å². The second-order valence-electron chi connectivity index (χ2n) is 8.76. The number of pyridine rings is 1. The molecule has 3 rings (SSSR count). The minimum atomic E-state index is 0.175. The summed E-state index contributed by atoms with van der Waals surface area (Å²) in [5.41, 5.74) is 1.41. The number of aromatic nitrogens is 1. The zero-order valence-corrected chi connectivity index (χ0v) is 16.5. The summed E-state index contributed by atoms with van der Waals surface area (Å²) in [6.45, 7) is 10.8. The average Bonchev–Trinajstić information content (AvgIpc) is 2.66. The topological polar surface area (TPSA) is 54.5 Å². The lowest BCUT2D eigenvalue weighted by atomic mass is 9.69. The Morgan fingerprint density at radius 3 is 2.46 bits per heavy atom. The van der Waals surface area contributed by atoms with E-state index in [1.165, 1.54) is 0 Å². The molecular formula is C21H33N3O2. The maximum absolute atomic E-state index is 12.5. The number of carbonyl (C=O) groups excluding carboxylic acids is 1. The van der Waals surface area contributed by atoms with Crippen LogP contribution in [0.5, 0.6) is 0 Å². The van der Waals surface area contributed by atoms with E-state index < -0.39 is 0 Å². The molecule has 5 heteroatoms. The van der Waals surface area contributed by atoms with E-state index in [4.69, 9.17) is 4.74 Å². The van der Waals surface area contributed by atoms with Crippen LogP contribution in [-0.4, -0.2) is 37.2 Å². The third-order valence-corrected chi connectivity index (χ3v) is 5.93. The van der Waals surface area contributed by atoms with Crippen LogP contribution in [0, 0.1) is 17.3 Å². The molecular weight excluding hydrogens is 326 g/mol. The number of hydrogen-bond acceptors (Lipinski definition) is 4. The van der Waals surface area contributed by atoms with Crippen molar-refractivity contribution in [3.63, 3.8) is 0 Å². The van der Waals surface area contributed by atoms with Crippen molar-refractivity contribution in [2.75, 3.05) is 31.2 Å². The Morgan fingerprint density at radius 2 is 1.88 bits per heavy atom. The van der Waals surface area contributed by atoms with Gasteiger partial charge < -0.3 is 15.0 Å². The molecule has 1 amide bonds. The summed E-state index contributed by atoms with van der Waals surface area (Å²) in [4.78, 5) is 19.3. The average molecular weight is 360 g/mol. The van der Waals surface area contributed by atoms with Gasteiger partial charge in [0.2, 0.25) is 5.91 Å². The lowest BCUT2D eigenvalue weighted by molar-refractivity contribution is -0.126. The van der Waals surface area contributed by atoms with Gasteiger partial charge in [-0.1, -0.05) is 26.8 Å². The van der Waals surface area contributed by atoms with Crippen LogP contribution in [-0.2, 0) is 16.1 Å². The van der Waals surface area contributed by atoms with Crippen molar-refractivity contribution in [3.8, 4) is 0 Å². The standard InChI is InChI=1S/C21H33N3O2/c1-21(2,3)18-7-5-17(6-8-18)20(25)23-15-16-4-9-19(22-14-16)24-10-12-26-13-11-24/h4,9,14,17-18H,5-8,10-13,15H2,1-3H3,(H,23,25). The quantitative estimate of drug-likeness (QED) is 0.895. The Kier molecular flexibility index (Phi) is 6.17. The van der Waals surface area contributed by atoms with Gasteiger partial charge in [-0.15, -0.1) is 0 Å². The maximum Gasteiger partial charge on any atom is 0.223 e. The maximum atomic E-state index is 12.5. The number of rotatable bonds is 4. The highest BCUT2D eigenvalue weighted by Crippen LogP contribution is 2.39. The summed E-state index contributed by atoms with van der Waals surface area (Å²) in [5, 5.41) is 3.11. The fourth-order valence-electron chi connectivity index (χ4n) is 4.06. The monoisotopic (exact) mass is 359 g/mol. The Morgan fingerprint density at radius 1 is 1.19 bits per heavy atom. The number of nitrogens with one attached hydrogen (secondary N) is 1. The second-order valence-corrected chi connectivity index (χ2v) is 8.76. The van der Waals surface area contributed by atoms with Gasteiger partial charge in [-0.2, -0.15) is 0 Å². The third kappa shape index (κ3) is 4.97. The number of ether oxygens (including phenoxy) is 1. The number of anilines is 1. The molecule has 1 saturated carbocycles. The van der Waals surface area contributed by atoms with Crippen LogP contribution in [0.3, 0.4) is 0 Å². The first kappa shape index (κ1) is 19.2. The van der Waals surface area contributed by atoms with Crippen molar-refractivity contribution < 1.29 is 9.53 Å². The highest BCUT2D eigenvalue weighted by molar-refractivity contribution is 5.78. The Hall–Kier alpha value is -1.62. The highest BCUT2D eigenvalue weighted by Gasteiger charge is 2.32. The van der Waals surface area contributed by atoms with E-state index >= 15 is 0 Å². The molecule has 1 aliphatic carbocycles. The molecule has 0 spiro atoms. The van der Waals surface area contributed by atoms with Gasteiger partial charge in [0.1, 0.15) is 5.82 Å². The molecule has 1 aromatic heterocycles. The first-order valence-corrected chi connectivity index (χ1v) is 9.99. The van der Waals surface area contributed by atoms with Crippen molar-refractivity contribution in [1.29, 1.82) is 0 Å². The summed E-state index contributed by atoms with van der Waals surface area (Å²) in [6, 6.07) is 4.11. The molecule has 2 aliphatic rings. The summed E-state index contributed by atoms with van der Waals surface area (Å²) in [5.74, 6) is 2.11. The fraction of sp³-hybridized carbons (Fsp3) is 0.714. The summed E-state index contributed by atoms with van der Waals surface area (Å²) >= 11 is 0. The van der Waals surface area contributed by atoms with E-state index in [0.29, 0.717) is 12.0 Å². The Balaban J connectivity index is 1.44. The molecule has 0 bridgehead atoms. The molecule has 1 N–H and O–H groups in total. The van der Waals surface area contributed by atoms with E-state index in [9.17, 15) is 4.79 Å². The zero-order chi connectivity index (χ0) is 18.6. The minimum absolute atomic E-state index is 0.175. The minimum Gasteiger partial charge on any atom is -0.378 e. The first-order valence-electron chi connectivity index (χ1n) is 9.99. The van der Waals surface area contributed by atoms with Gasteiger partial charge in [0.25, 0.3) is 0 Å². The van der Waals surface area contributed by atoms with Gasteiger partial charge in [-0.05, 0) is 48.6 Å². The van der Waals surface area contributed by atoms with E-state index in [-0.39, 0.29) is 11.8 Å². The lowest BCUT2D eigenvalue weighted by Gasteiger charge is -2.36. The molecule has 1 aromatic rings. The van der Waals surface area contributed by atoms with Crippen molar-refractivity contribution >= 4 is 11.7 Å². The number of morpholine rings is 1. The van der Waals surface area contributed by atoms with Crippen LogP contribution in [0.15, 0.2) is 18.3 Å². The number of amides is 1. The van der Waals surface area contributed by atoms with Crippen molar-refractivity contribution in [2.24, 2.45) is 17.3 Å². The first-order chi connectivity index (χ1) is 12.4. The third-order valence-electron chi connectivity index (χ3n) is 5.93. The summed E-state index contributed by atoms with van der Waals surface area (Å²) < 4.78 is 5.38. The fourth-order valence-corrected chi connectivity index (χ4v) is 4.06. The van der Waals surface area contributed by atoms with Crippen LogP contribution >= 0.6 is 0 Å². The molecule has 144 valence electrons. The Bertz CT molecular complexity index is 580. The van der Waals surface area contributed by atoms with Gasteiger partial charge in [-0.3, -0.25) is 4.79 Å². The molecule has 26 heavy (non-hydrogen) atoms. The summed E-state index contributed by atoms with van der Waals surface area (Å²) in [7, 11) is 0. The molecule has 0 radical (unpaired) electrons. The SMILES string of the molecule is CC(C)(C)C1CCC(C(=O)NCc2ccc(N3CCOCC3)nc2)CC1. The molecule has 5 nitrogen and oxygen atoms in total. The molecule has 0 unspecified atom stereocenters. The molecule has 1 saturated heterocycles. The van der Waals surface area contributed by atoms with Crippen LogP contribution in [0.4, 0.5) is 5.82 Å². The van der Waals surface area contributed by atoms with E-state index in [0.717, 1.165) is 69.3 Å². The number of hydrogen-bond donors (Lipinski definition) is 1. The van der Waals surface area contributed by atoms with Crippen LogP contribution in [0.25, 0.3) is 0 Å². The van der Waals surface area contributed by atoms with Crippen molar-refractivity contribution in [3.05, 3.63) is 23.9 Å². The predicted molar refractivity (Wildman–Crippen MR) is 104 cm³/mol. The number of nitrogens with zero attached hydrogens (tertiary/aromatic N) is 2. The van der Waals surface area contributed by atoms with Gasteiger partial charge in [0.05, 0.1) is 13.2 Å². The normalized spacial score (nSPS) is 24.3. The lowest BCUT2D eigenvalue weighted by Crippen LogP contribution is -2.36. The largest absolute Gasteiger partial charge is 0.378 e. The second kappa shape index (κ2) is 8.38. The zero-order valence-electron chi connectivity index (χ0n) is 16.5. The van der Waals surface area contributed by atoms with E-state index in [1.54, 1.807) is 0 Å². The van der Waals surface area contributed by atoms with Gasteiger partial charge in [0.15, 0.2) is 0 Å². The van der Waals surface area contributed by atoms with Gasteiger partial charge in [-0.25, -0.2) is 4.98 Å². The van der Waals surface area contributed by atoms with Crippen molar-refractivity contribution in [2.45, 2.75) is 53.0 Å². The highest BCUT2D eigenvalue weighted by atomic mass is 16.5. The van der Waals surface area contributed by atoms with Gasteiger partial charge >= 0.3 is 0 Å². The van der Waals surface area contributed by atoms with Crippen LogP contribution < -0.4 is 10.2 Å².